The summed E-state index contributed by atoms with van der Waals surface area (Å²) in [5, 5.41) is 0. The van der Waals surface area contributed by atoms with Crippen LogP contribution < -0.4 is 0 Å². The molecule has 3 heteroatoms. The van der Waals surface area contributed by atoms with Crippen LogP contribution in [0.15, 0.2) is 54.4 Å². The Bertz CT molecular complexity index is 506. The van der Waals surface area contributed by atoms with E-state index in [0.717, 1.165) is 17.7 Å². The van der Waals surface area contributed by atoms with Crippen molar-refractivity contribution in [1.29, 1.82) is 0 Å². The molecule has 0 N–H and O–H groups in total. The molecule has 2 heterocycles. The van der Waals surface area contributed by atoms with Gasteiger partial charge in [-0.1, -0.05) is 12.1 Å². The van der Waals surface area contributed by atoms with E-state index in [-0.39, 0.29) is 0 Å². The normalized spacial score (nSPS) is 11.2. The summed E-state index contributed by atoms with van der Waals surface area (Å²) in [6, 6.07) is 11.3. The van der Waals surface area contributed by atoms with Crippen LogP contribution in [0.2, 0.25) is 0 Å². The molecule has 0 saturated carbocycles. The van der Waals surface area contributed by atoms with Gasteiger partial charge in [0.2, 0.25) is 0 Å². The van der Waals surface area contributed by atoms with Gasteiger partial charge in [0.15, 0.2) is 0 Å². The summed E-state index contributed by atoms with van der Waals surface area (Å²) in [7, 11) is 0. The number of allylic oxidation sites excluding steroid dienone is 1. The number of aldehydes is 1. The number of carbonyl (C=O) groups is 1. The molecule has 2 aromatic heterocycles. The lowest BCUT2D eigenvalue weighted by molar-refractivity contribution is -0.104. The summed E-state index contributed by atoms with van der Waals surface area (Å²) < 4.78 is 0. The highest BCUT2D eigenvalue weighted by Crippen LogP contribution is 2.07. The molecular weight excluding hydrogens is 212 g/mol. The van der Waals surface area contributed by atoms with E-state index in [1.54, 1.807) is 18.5 Å². The Labute approximate surface area is 99.9 Å². The molecule has 0 aliphatic rings. The third kappa shape index (κ3) is 3.34. The molecule has 0 aliphatic heterocycles. The predicted molar refractivity (Wildman–Crippen MR) is 66.2 cm³/mol. The number of aromatic nitrogens is 2. The van der Waals surface area contributed by atoms with E-state index in [2.05, 4.69) is 9.97 Å². The number of nitrogens with zero attached hydrogens (tertiary/aromatic N) is 2. The maximum Gasteiger partial charge on any atom is 0.146 e. The van der Waals surface area contributed by atoms with Gasteiger partial charge in [0.1, 0.15) is 6.29 Å². The van der Waals surface area contributed by atoms with Gasteiger partial charge in [-0.2, -0.15) is 0 Å². The summed E-state index contributed by atoms with van der Waals surface area (Å²) in [5.41, 5.74) is 2.33. The summed E-state index contributed by atoms with van der Waals surface area (Å²) in [6.07, 6.45) is 6.58. The van der Waals surface area contributed by atoms with E-state index < -0.39 is 0 Å². The Hall–Kier alpha value is -2.29. The zero-order chi connectivity index (χ0) is 11.9. The number of rotatable bonds is 4. The van der Waals surface area contributed by atoms with Crippen LogP contribution >= 0.6 is 0 Å². The van der Waals surface area contributed by atoms with Gasteiger partial charge in [0, 0.05) is 24.5 Å². The molecule has 84 valence electrons. The van der Waals surface area contributed by atoms with Gasteiger partial charge in [-0.05, 0) is 35.9 Å². The fourth-order valence-electron chi connectivity index (χ4n) is 1.49. The molecule has 0 radical (unpaired) electrons. The molecule has 0 fully saturated rings. The zero-order valence-electron chi connectivity index (χ0n) is 9.28. The molecule has 0 amide bonds. The topological polar surface area (TPSA) is 42.9 Å². The maximum absolute atomic E-state index is 11.0. The monoisotopic (exact) mass is 224 g/mol. The van der Waals surface area contributed by atoms with E-state index in [9.17, 15) is 4.79 Å². The highest BCUT2D eigenvalue weighted by atomic mass is 16.1. The van der Waals surface area contributed by atoms with E-state index >= 15 is 0 Å². The minimum absolute atomic E-state index is 0.529. The van der Waals surface area contributed by atoms with Gasteiger partial charge in [-0.15, -0.1) is 0 Å². The largest absolute Gasteiger partial charge is 0.298 e. The quantitative estimate of drug-likeness (QED) is 0.591. The first-order valence-electron chi connectivity index (χ1n) is 5.35. The molecule has 17 heavy (non-hydrogen) atoms. The van der Waals surface area contributed by atoms with Crippen molar-refractivity contribution in [1.82, 2.24) is 9.97 Å². The van der Waals surface area contributed by atoms with E-state index in [1.165, 1.54) is 0 Å². The van der Waals surface area contributed by atoms with Gasteiger partial charge in [-0.25, -0.2) is 0 Å². The third-order valence-electron chi connectivity index (χ3n) is 2.28. The van der Waals surface area contributed by atoms with E-state index in [0.29, 0.717) is 12.0 Å². The molecule has 0 bridgehead atoms. The summed E-state index contributed by atoms with van der Waals surface area (Å²) in [5.74, 6) is 0. The maximum atomic E-state index is 11.0. The Kier molecular flexibility index (Phi) is 3.76. The SMILES string of the molecule is O=C/C(=C\c1ccccn1)Cc1ccccn1. The van der Waals surface area contributed by atoms with Crippen molar-refractivity contribution in [2.24, 2.45) is 0 Å². The second-order valence-corrected chi connectivity index (χ2v) is 3.59. The van der Waals surface area contributed by atoms with Crippen LogP contribution in [0.4, 0.5) is 0 Å². The average Bonchev–Trinajstić information content (AvgIpc) is 2.40. The van der Waals surface area contributed by atoms with Crippen molar-refractivity contribution in [3.8, 4) is 0 Å². The standard InChI is InChI=1S/C14H12N2O/c17-11-12(9-13-5-1-3-7-15-13)10-14-6-2-4-8-16-14/h1-9,11H,10H2/b12-9-. The third-order valence-corrected chi connectivity index (χ3v) is 2.28. The van der Waals surface area contributed by atoms with Crippen LogP contribution in [0, 0.1) is 0 Å². The van der Waals surface area contributed by atoms with Crippen LogP contribution in [-0.4, -0.2) is 16.3 Å². The molecule has 0 atom stereocenters. The Morgan fingerprint density at radius 1 is 1.06 bits per heavy atom. The first-order valence-corrected chi connectivity index (χ1v) is 5.35. The first-order chi connectivity index (χ1) is 8.38. The molecule has 2 rings (SSSR count). The lowest BCUT2D eigenvalue weighted by Gasteiger charge is -1.99. The van der Waals surface area contributed by atoms with Crippen LogP contribution in [0.25, 0.3) is 6.08 Å². The van der Waals surface area contributed by atoms with Crippen molar-refractivity contribution in [3.63, 3.8) is 0 Å². The van der Waals surface area contributed by atoms with Crippen LogP contribution in [-0.2, 0) is 11.2 Å². The highest BCUT2D eigenvalue weighted by molar-refractivity contribution is 5.81. The fraction of sp³-hybridized carbons (Fsp3) is 0.0714. The summed E-state index contributed by atoms with van der Waals surface area (Å²) in [6.45, 7) is 0. The van der Waals surface area contributed by atoms with Crippen molar-refractivity contribution in [3.05, 3.63) is 65.8 Å². The second-order valence-electron chi connectivity index (χ2n) is 3.59. The Morgan fingerprint density at radius 3 is 2.41 bits per heavy atom. The van der Waals surface area contributed by atoms with E-state index in [1.807, 2.05) is 36.4 Å². The molecule has 0 unspecified atom stereocenters. The lowest BCUT2D eigenvalue weighted by atomic mass is 10.1. The number of hydrogen-bond acceptors (Lipinski definition) is 3. The smallest absolute Gasteiger partial charge is 0.146 e. The zero-order valence-corrected chi connectivity index (χ0v) is 9.28. The van der Waals surface area contributed by atoms with Gasteiger partial charge in [0.05, 0.1) is 5.69 Å². The molecule has 0 aromatic carbocycles. The highest BCUT2D eigenvalue weighted by Gasteiger charge is 2.00. The van der Waals surface area contributed by atoms with Gasteiger partial charge in [0.25, 0.3) is 0 Å². The van der Waals surface area contributed by atoms with Gasteiger partial charge < -0.3 is 0 Å². The average molecular weight is 224 g/mol. The molecule has 2 aromatic rings. The fourth-order valence-corrected chi connectivity index (χ4v) is 1.49. The van der Waals surface area contributed by atoms with Crippen molar-refractivity contribution in [2.45, 2.75) is 6.42 Å². The Balaban J connectivity index is 2.18. The number of pyridine rings is 2. The summed E-state index contributed by atoms with van der Waals surface area (Å²) >= 11 is 0. The number of carbonyl (C=O) groups excluding carboxylic acids is 1. The van der Waals surface area contributed by atoms with Crippen molar-refractivity contribution >= 4 is 12.4 Å². The van der Waals surface area contributed by atoms with Crippen LogP contribution in [0.3, 0.4) is 0 Å². The van der Waals surface area contributed by atoms with Crippen molar-refractivity contribution < 1.29 is 4.79 Å². The molecule has 3 nitrogen and oxygen atoms in total. The predicted octanol–water partition coefficient (Wildman–Crippen LogP) is 2.30. The van der Waals surface area contributed by atoms with Crippen LogP contribution in [0.1, 0.15) is 11.4 Å². The molecule has 0 saturated heterocycles. The van der Waals surface area contributed by atoms with Gasteiger partial charge in [-0.3, -0.25) is 14.8 Å². The lowest BCUT2D eigenvalue weighted by Crippen LogP contribution is -1.95. The summed E-state index contributed by atoms with van der Waals surface area (Å²) in [4.78, 5) is 19.3. The molecular formula is C14H12N2O. The second kappa shape index (κ2) is 5.70. The minimum atomic E-state index is 0.529. The van der Waals surface area contributed by atoms with Crippen LogP contribution in [0.5, 0.6) is 0 Å². The molecule has 0 aliphatic carbocycles. The Morgan fingerprint density at radius 2 is 1.82 bits per heavy atom. The first kappa shape index (κ1) is 11.2. The van der Waals surface area contributed by atoms with E-state index in [4.69, 9.17) is 0 Å². The minimum Gasteiger partial charge on any atom is -0.298 e. The molecule has 0 spiro atoms. The number of hydrogen-bond donors (Lipinski definition) is 0. The van der Waals surface area contributed by atoms with Gasteiger partial charge >= 0.3 is 0 Å². The van der Waals surface area contributed by atoms with Crippen molar-refractivity contribution in [2.75, 3.05) is 0 Å².